The third-order valence-electron chi connectivity index (χ3n) is 10.1. The molecule has 0 amide bonds. The summed E-state index contributed by atoms with van der Waals surface area (Å²) in [6.07, 6.45) is 1.72. The maximum absolute atomic E-state index is 9.21. The quantitative estimate of drug-likeness (QED) is 0.155. The minimum atomic E-state index is -0.0890. The van der Waals surface area contributed by atoms with Crippen LogP contribution in [0, 0.1) is 67.6 Å². The molecule has 0 N–H and O–H groups in total. The van der Waals surface area contributed by atoms with Gasteiger partial charge in [0.1, 0.15) is 0 Å². The summed E-state index contributed by atoms with van der Waals surface area (Å²) >= 11 is 0. The molecule has 7 heteroatoms. The number of hydrogen-bond donors (Lipinski definition) is 0. The predicted molar refractivity (Wildman–Crippen MR) is 200 cm³/mol. The molecule has 0 saturated heterocycles. The Labute approximate surface area is 302 Å². The number of nitriles is 3. The monoisotopic (exact) mass is 677 g/mol. The van der Waals surface area contributed by atoms with E-state index in [9.17, 15) is 10.5 Å². The molecule has 0 bridgehead atoms. The van der Waals surface area contributed by atoms with Crippen molar-refractivity contribution in [1.29, 1.82) is 15.8 Å². The van der Waals surface area contributed by atoms with Crippen molar-refractivity contribution in [3.63, 3.8) is 0 Å². The zero-order valence-corrected chi connectivity index (χ0v) is 30.5. The molecular formula is C44H47N5O2. The smallest absolute Gasteiger partial charge is 0.0991 e. The van der Waals surface area contributed by atoms with Crippen molar-refractivity contribution in [3.8, 4) is 18.2 Å². The van der Waals surface area contributed by atoms with Crippen LogP contribution in [0.4, 0.5) is 0 Å². The standard InChI is InChI=1S/C35H38N4O2.C9H9N/c1-23-6-7-24(2)38(23)32-18-33(39-25(3)8-9-26(39)4)35(41-22-31-16-12-29(20-37)13-17-31)27(5)34(32)40-21-30-14-10-28(19-36)11-15-30;1-2-8-3-5-9(7-10)6-4-8/h6-17,27,32-35H,18,21-22H2,1-5H3;3-6H,2H2,1H3. The van der Waals surface area contributed by atoms with E-state index in [4.69, 9.17) is 14.7 Å². The summed E-state index contributed by atoms with van der Waals surface area (Å²) in [5.41, 5.74) is 10.3. The Hall–Kier alpha value is -5.39. The molecule has 2 aromatic heterocycles. The first-order valence-electron chi connectivity index (χ1n) is 17.7. The van der Waals surface area contributed by atoms with Gasteiger partial charge in [0.05, 0.1) is 72.4 Å². The SMILES string of the molecule is CCc1ccc(C#N)cc1.Cc1ccc(C)n1C1CC(n2c(C)ccc2C)C(OCc2ccc(C#N)cc2)C(C)C1OCc1ccc(C#N)cc1. The van der Waals surface area contributed by atoms with Crippen LogP contribution in [0.15, 0.2) is 97.1 Å². The van der Waals surface area contributed by atoms with Crippen LogP contribution in [0.2, 0.25) is 0 Å². The zero-order valence-electron chi connectivity index (χ0n) is 30.5. The average molecular weight is 678 g/mol. The molecule has 3 aromatic carbocycles. The van der Waals surface area contributed by atoms with Gasteiger partial charge < -0.3 is 18.6 Å². The summed E-state index contributed by atoms with van der Waals surface area (Å²) in [6.45, 7) is 14.0. The molecule has 1 saturated carbocycles. The van der Waals surface area contributed by atoms with Gasteiger partial charge in [0.25, 0.3) is 0 Å². The zero-order chi connectivity index (χ0) is 36.5. The van der Waals surface area contributed by atoms with Crippen LogP contribution in [0.25, 0.3) is 0 Å². The molecule has 2 heterocycles. The van der Waals surface area contributed by atoms with Crippen molar-refractivity contribution in [1.82, 2.24) is 9.13 Å². The van der Waals surface area contributed by atoms with Gasteiger partial charge in [0, 0.05) is 28.7 Å². The second kappa shape index (κ2) is 17.0. The van der Waals surface area contributed by atoms with Gasteiger partial charge in [-0.25, -0.2) is 0 Å². The number of aromatic nitrogens is 2. The summed E-state index contributed by atoms with van der Waals surface area (Å²) in [5, 5.41) is 26.9. The van der Waals surface area contributed by atoms with Crippen molar-refractivity contribution in [2.45, 2.75) is 91.9 Å². The lowest BCUT2D eigenvalue weighted by molar-refractivity contribution is -0.137. The number of benzene rings is 3. The molecule has 1 aliphatic carbocycles. The Morgan fingerprint density at radius 3 is 1.14 bits per heavy atom. The molecule has 51 heavy (non-hydrogen) atoms. The Bertz CT molecular complexity index is 1860. The van der Waals surface area contributed by atoms with E-state index in [1.54, 1.807) is 0 Å². The van der Waals surface area contributed by atoms with E-state index in [0.29, 0.717) is 24.3 Å². The van der Waals surface area contributed by atoms with Crippen molar-refractivity contribution >= 4 is 0 Å². The van der Waals surface area contributed by atoms with Gasteiger partial charge in [-0.15, -0.1) is 0 Å². The number of aryl methyl sites for hydroxylation is 5. The molecule has 7 nitrogen and oxygen atoms in total. The topological polar surface area (TPSA) is 99.7 Å². The van der Waals surface area contributed by atoms with Gasteiger partial charge in [-0.2, -0.15) is 15.8 Å². The molecular weight excluding hydrogens is 631 g/mol. The average Bonchev–Trinajstić information content (AvgIpc) is 3.68. The maximum Gasteiger partial charge on any atom is 0.0991 e. The van der Waals surface area contributed by atoms with Crippen LogP contribution in [0.5, 0.6) is 0 Å². The van der Waals surface area contributed by atoms with Crippen LogP contribution in [0.1, 0.15) is 88.5 Å². The number of ether oxygens (including phenoxy) is 2. The van der Waals surface area contributed by atoms with Crippen molar-refractivity contribution in [2.24, 2.45) is 5.92 Å². The highest BCUT2D eigenvalue weighted by atomic mass is 16.5. The third-order valence-corrected chi connectivity index (χ3v) is 10.1. The lowest BCUT2D eigenvalue weighted by atomic mass is 9.77. The molecule has 4 unspecified atom stereocenters. The summed E-state index contributed by atoms with van der Waals surface area (Å²) in [6, 6.07) is 38.4. The minimum absolute atomic E-state index is 0.0814. The van der Waals surface area contributed by atoms with E-state index in [1.807, 2.05) is 72.8 Å². The Kier molecular flexibility index (Phi) is 12.3. The predicted octanol–water partition coefficient (Wildman–Crippen LogP) is 9.38. The Morgan fingerprint density at radius 1 is 0.529 bits per heavy atom. The van der Waals surface area contributed by atoms with Gasteiger partial charge in [0.2, 0.25) is 0 Å². The van der Waals surface area contributed by atoms with E-state index < -0.39 is 0 Å². The summed E-state index contributed by atoms with van der Waals surface area (Å²) < 4.78 is 18.5. The molecule has 0 spiro atoms. The van der Waals surface area contributed by atoms with E-state index >= 15 is 0 Å². The second-order valence-corrected chi connectivity index (χ2v) is 13.5. The number of rotatable bonds is 9. The van der Waals surface area contributed by atoms with E-state index in [2.05, 4.69) is 93.1 Å². The molecule has 260 valence electrons. The van der Waals surface area contributed by atoms with E-state index in [0.717, 1.165) is 29.5 Å². The van der Waals surface area contributed by atoms with Crippen molar-refractivity contribution in [3.05, 3.63) is 153 Å². The van der Waals surface area contributed by atoms with Gasteiger partial charge >= 0.3 is 0 Å². The first kappa shape index (κ1) is 36.9. The second-order valence-electron chi connectivity index (χ2n) is 13.5. The van der Waals surface area contributed by atoms with Crippen LogP contribution in [0.3, 0.4) is 0 Å². The Morgan fingerprint density at radius 2 is 0.843 bits per heavy atom. The van der Waals surface area contributed by atoms with Crippen molar-refractivity contribution in [2.75, 3.05) is 0 Å². The first-order valence-corrected chi connectivity index (χ1v) is 17.7. The molecule has 5 aromatic rings. The van der Waals surface area contributed by atoms with Crippen molar-refractivity contribution < 1.29 is 9.47 Å². The highest BCUT2D eigenvalue weighted by Gasteiger charge is 2.46. The third kappa shape index (κ3) is 8.68. The fourth-order valence-corrected chi connectivity index (χ4v) is 7.39. The highest BCUT2D eigenvalue weighted by Crippen LogP contribution is 2.45. The maximum atomic E-state index is 9.21. The van der Waals surface area contributed by atoms with Crippen LogP contribution in [-0.2, 0) is 29.1 Å². The van der Waals surface area contributed by atoms with E-state index in [-0.39, 0.29) is 30.2 Å². The molecule has 1 fully saturated rings. The summed E-state index contributed by atoms with van der Waals surface area (Å²) in [7, 11) is 0. The normalized spacial score (nSPS) is 19.6. The first-order chi connectivity index (χ1) is 24.7. The van der Waals surface area contributed by atoms with Crippen LogP contribution in [-0.4, -0.2) is 21.3 Å². The van der Waals surface area contributed by atoms with Gasteiger partial charge in [0.15, 0.2) is 0 Å². The Balaban J connectivity index is 0.000000435. The molecule has 0 radical (unpaired) electrons. The summed E-state index contributed by atoms with van der Waals surface area (Å²) in [4.78, 5) is 0. The fraction of sp³-hybridized carbons (Fsp3) is 0.341. The highest BCUT2D eigenvalue weighted by molar-refractivity contribution is 5.33. The number of hydrogen-bond acceptors (Lipinski definition) is 5. The van der Waals surface area contributed by atoms with Gasteiger partial charge in [-0.05, 0) is 118 Å². The largest absolute Gasteiger partial charge is 0.371 e. The molecule has 6 rings (SSSR count). The van der Waals surface area contributed by atoms with Crippen LogP contribution >= 0.6 is 0 Å². The minimum Gasteiger partial charge on any atom is -0.371 e. The van der Waals surface area contributed by atoms with Gasteiger partial charge in [-0.3, -0.25) is 0 Å². The van der Waals surface area contributed by atoms with Gasteiger partial charge in [-0.1, -0.05) is 50.2 Å². The van der Waals surface area contributed by atoms with Crippen LogP contribution < -0.4 is 0 Å². The molecule has 0 aliphatic heterocycles. The molecule has 1 aliphatic rings. The number of nitrogens with zero attached hydrogens (tertiary/aromatic N) is 5. The fourth-order valence-electron chi connectivity index (χ4n) is 7.39. The van der Waals surface area contributed by atoms with E-state index in [1.165, 1.54) is 28.3 Å². The molecule has 4 atom stereocenters. The summed E-state index contributed by atoms with van der Waals surface area (Å²) in [5.74, 6) is 0.0814. The lowest BCUT2D eigenvalue weighted by Gasteiger charge is -2.48. The lowest BCUT2D eigenvalue weighted by Crippen LogP contribution is -2.50.